The van der Waals surface area contributed by atoms with Crippen LogP contribution in [0.25, 0.3) is 0 Å². The van der Waals surface area contributed by atoms with Crippen molar-refractivity contribution in [2.45, 2.75) is 31.9 Å². The molecule has 1 aromatic rings. The minimum absolute atomic E-state index is 0. The number of nitrogens with one attached hydrogen (secondary N) is 2. The van der Waals surface area contributed by atoms with Crippen molar-refractivity contribution in [1.29, 1.82) is 0 Å². The molecular formula is C16H25F3IN3O. The summed E-state index contributed by atoms with van der Waals surface area (Å²) < 4.78 is 41.6. The van der Waals surface area contributed by atoms with Crippen LogP contribution in [0.3, 0.4) is 0 Å². The quantitative estimate of drug-likeness (QED) is 0.388. The summed E-state index contributed by atoms with van der Waals surface area (Å²) in [5.41, 5.74) is 0.880. The minimum atomic E-state index is -4.17. The molecule has 0 saturated carbocycles. The van der Waals surface area contributed by atoms with Crippen LogP contribution in [0.15, 0.2) is 29.3 Å². The summed E-state index contributed by atoms with van der Waals surface area (Å²) in [5.74, 6) is 1.14. The first-order valence-electron chi connectivity index (χ1n) is 7.34. The highest BCUT2D eigenvalue weighted by Gasteiger charge is 2.26. The standard InChI is InChI=1S/C16H24F3N3O.HI/c1-15(2,12-5-7-13(23-4)8-6-12)11-22-14(20-3)21-10-9-16(17,18)19;/h5-8H,9-11H2,1-4H3,(H2,20,21,22);1H. The molecule has 0 bridgehead atoms. The van der Waals surface area contributed by atoms with E-state index in [2.05, 4.69) is 15.6 Å². The molecule has 0 aromatic heterocycles. The number of hydrogen-bond acceptors (Lipinski definition) is 2. The van der Waals surface area contributed by atoms with Crippen LogP contribution in [0.1, 0.15) is 25.8 Å². The van der Waals surface area contributed by atoms with Crippen LogP contribution in [0.5, 0.6) is 5.75 Å². The fourth-order valence-electron chi connectivity index (χ4n) is 1.99. The monoisotopic (exact) mass is 459 g/mol. The lowest BCUT2D eigenvalue weighted by Gasteiger charge is -2.27. The summed E-state index contributed by atoms with van der Waals surface area (Å²) in [4.78, 5) is 3.94. The zero-order chi connectivity index (χ0) is 17.5. The average molecular weight is 459 g/mol. The van der Waals surface area contributed by atoms with Crippen molar-refractivity contribution in [3.63, 3.8) is 0 Å². The van der Waals surface area contributed by atoms with E-state index in [0.29, 0.717) is 12.5 Å². The molecule has 0 unspecified atom stereocenters. The van der Waals surface area contributed by atoms with Crippen molar-refractivity contribution in [2.24, 2.45) is 4.99 Å². The molecule has 8 heteroatoms. The molecule has 1 aromatic carbocycles. The molecule has 0 atom stereocenters. The Morgan fingerprint density at radius 3 is 2.17 bits per heavy atom. The van der Waals surface area contributed by atoms with Gasteiger partial charge < -0.3 is 15.4 Å². The molecule has 0 aliphatic heterocycles. The Morgan fingerprint density at radius 2 is 1.71 bits per heavy atom. The van der Waals surface area contributed by atoms with Crippen LogP contribution in [-0.2, 0) is 5.41 Å². The number of hydrogen-bond donors (Lipinski definition) is 2. The van der Waals surface area contributed by atoms with Gasteiger partial charge in [0, 0.05) is 25.6 Å². The number of aliphatic imine (C=N–C) groups is 1. The SMILES string of the molecule is CN=C(NCCC(F)(F)F)NCC(C)(C)c1ccc(OC)cc1.I. The lowest BCUT2D eigenvalue weighted by molar-refractivity contribution is -0.132. The molecular weight excluding hydrogens is 434 g/mol. The highest BCUT2D eigenvalue weighted by Crippen LogP contribution is 2.24. The molecule has 0 amide bonds. The average Bonchev–Trinajstić information content (AvgIpc) is 2.49. The third-order valence-electron chi connectivity index (χ3n) is 3.49. The van der Waals surface area contributed by atoms with Crippen LogP contribution in [0.2, 0.25) is 0 Å². The first kappa shape index (κ1) is 22.8. The Morgan fingerprint density at radius 1 is 1.12 bits per heavy atom. The summed E-state index contributed by atoms with van der Waals surface area (Å²) in [6.45, 7) is 4.42. The summed E-state index contributed by atoms with van der Waals surface area (Å²) in [6.07, 6.45) is -5.07. The molecule has 0 radical (unpaired) electrons. The molecule has 0 spiro atoms. The number of nitrogens with zero attached hydrogens (tertiary/aromatic N) is 1. The van der Waals surface area contributed by atoms with Gasteiger partial charge in [-0.05, 0) is 17.7 Å². The molecule has 2 N–H and O–H groups in total. The predicted molar refractivity (Wildman–Crippen MR) is 101 cm³/mol. The lowest BCUT2D eigenvalue weighted by atomic mass is 9.84. The molecule has 1 rings (SSSR count). The zero-order valence-corrected chi connectivity index (χ0v) is 16.7. The van der Waals surface area contributed by atoms with E-state index in [9.17, 15) is 13.2 Å². The van der Waals surface area contributed by atoms with Gasteiger partial charge in [0.1, 0.15) is 5.75 Å². The minimum Gasteiger partial charge on any atom is -0.497 e. The normalized spacial score (nSPS) is 12.4. The van der Waals surface area contributed by atoms with Gasteiger partial charge in [0.05, 0.1) is 13.5 Å². The molecule has 0 heterocycles. The summed E-state index contributed by atoms with van der Waals surface area (Å²) in [6, 6.07) is 7.71. The second-order valence-electron chi connectivity index (χ2n) is 5.83. The van der Waals surface area contributed by atoms with Crippen LogP contribution in [-0.4, -0.2) is 39.4 Å². The molecule has 0 aliphatic carbocycles. The first-order valence-corrected chi connectivity index (χ1v) is 7.34. The molecule has 0 fully saturated rings. The van der Waals surface area contributed by atoms with E-state index in [1.165, 1.54) is 7.05 Å². The van der Waals surface area contributed by atoms with Crippen molar-refractivity contribution in [1.82, 2.24) is 10.6 Å². The largest absolute Gasteiger partial charge is 0.497 e. The van der Waals surface area contributed by atoms with E-state index in [4.69, 9.17) is 4.74 Å². The van der Waals surface area contributed by atoms with Gasteiger partial charge in [0.25, 0.3) is 0 Å². The van der Waals surface area contributed by atoms with Crippen LogP contribution in [0.4, 0.5) is 13.2 Å². The third-order valence-corrected chi connectivity index (χ3v) is 3.49. The Bertz CT molecular complexity index is 516. The van der Waals surface area contributed by atoms with Gasteiger partial charge in [-0.15, -0.1) is 24.0 Å². The fraction of sp³-hybridized carbons (Fsp3) is 0.562. The second kappa shape index (κ2) is 9.95. The Kier molecular flexibility index (Phi) is 9.46. The van der Waals surface area contributed by atoms with E-state index in [-0.39, 0.29) is 35.9 Å². The highest BCUT2D eigenvalue weighted by molar-refractivity contribution is 14.0. The smallest absolute Gasteiger partial charge is 0.390 e. The number of benzene rings is 1. The first-order chi connectivity index (χ1) is 10.7. The Balaban J connectivity index is 0.00000529. The van der Waals surface area contributed by atoms with E-state index < -0.39 is 12.6 Å². The van der Waals surface area contributed by atoms with Crippen LogP contribution < -0.4 is 15.4 Å². The maximum absolute atomic E-state index is 12.2. The number of guanidine groups is 1. The predicted octanol–water partition coefficient (Wildman–Crippen LogP) is 3.71. The highest BCUT2D eigenvalue weighted by atomic mass is 127. The van der Waals surface area contributed by atoms with E-state index in [0.717, 1.165) is 11.3 Å². The van der Waals surface area contributed by atoms with Crippen molar-refractivity contribution in [2.75, 3.05) is 27.2 Å². The number of methoxy groups -OCH3 is 1. The lowest BCUT2D eigenvalue weighted by Crippen LogP contribution is -2.44. The number of alkyl halides is 3. The maximum atomic E-state index is 12.2. The molecule has 4 nitrogen and oxygen atoms in total. The van der Waals surface area contributed by atoms with Crippen molar-refractivity contribution in [3.8, 4) is 5.75 Å². The third kappa shape index (κ3) is 8.07. The maximum Gasteiger partial charge on any atom is 0.390 e. The van der Waals surface area contributed by atoms with Gasteiger partial charge in [0.2, 0.25) is 0 Å². The number of ether oxygens (including phenoxy) is 1. The number of rotatable bonds is 6. The van der Waals surface area contributed by atoms with Gasteiger partial charge in [-0.1, -0.05) is 26.0 Å². The van der Waals surface area contributed by atoms with Crippen molar-refractivity contribution in [3.05, 3.63) is 29.8 Å². The second-order valence-corrected chi connectivity index (χ2v) is 5.83. The van der Waals surface area contributed by atoms with Gasteiger partial charge in [0.15, 0.2) is 5.96 Å². The van der Waals surface area contributed by atoms with Crippen molar-refractivity contribution < 1.29 is 17.9 Å². The number of halogens is 4. The van der Waals surface area contributed by atoms with Crippen LogP contribution >= 0.6 is 24.0 Å². The summed E-state index contributed by atoms with van der Waals surface area (Å²) in [7, 11) is 3.14. The van der Waals surface area contributed by atoms with E-state index in [1.807, 2.05) is 38.1 Å². The van der Waals surface area contributed by atoms with Gasteiger partial charge in [-0.25, -0.2) is 0 Å². The molecule has 138 valence electrons. The fourth-order valence-corrected chi connectivity index (χ4v) is 1.99. The van der Waals surface area contributed by atoms with Crippen molar-refractivity contribution >= 4 is 29.9 Å². The van der Waals surface area contributed by atoms with Gasteiger partial charge in [-0.3, -0.25) is 4.99 Å². The molecule has 24 heavy (non-hydrogen) atoms. The van der Waals surface area contributed by atoms with Gasteiger partial charge >= 0.3 is 6.18 Å². The molecule has 0 aliphatic rings. The Hall–Kier alpha value is -1.19. The Labute approximate surface area is 158 Å². The van der Waals surface area contributed by atoms with Crippen LogP contribution in [0, 0.1) is 0 Å². The topological polar surface area (TPSA) is 45.7 Å². The molecule has 0 saturated heterocycles. The van der Waals surface area contributed by atoms with E-state index >= 15 is 0 Å². The summed E-state index contributed by atoms with van der Waals surface area (Å²) in [5, 5.41) is 5.73. The summed E-state index contributed by atoms with van der Waals surface area (Å²) >= 11 is 0. The van der Waals surface area contributed by atoms with E-state index in [1.54, 1.807) is 7.11 Å². The van der Waals surface area contributed by atoms with Gasteiger partial charge in [-0.2, -0.15) is 13.2 Å². The zero-order valence-electron chi connectivity index (χ0n) is 14.3.